The number of benzene rings is 1. The summed E-state index contributed by atoms with van der Waals surface area (Å²) in [6, 6.07) is 11.0. The van der Waals surface area contributed by atoms with Gasteiger partial charge in [0.25, 0.3) is 4.84 Å². The number of aromatic nitrogens is 2. The van der Waals surface area contributed by atoms with Gasteiger partial charge in [-0.05, 0) is 55.8 Å². The van der Waals surface area contributed by atoms with Crippen LogP contribution in [0.3, 0.4) is 0 Å². The number of hydrogen-bond acceptors (Lipinski definition) is 7. The van der Waals surface area contributed by atoms with Crippen molar-refractivity contribution in [3.8, 4) is 11.5 Å². The van der Waals surface area contributed by atoms with Gasteiger partial charge in [0, 0.05) is 29.6 Å². The van der Waals surface area contributed by atoms with E-state index in [0.29, 0.717) is 31.2 Å². The Bertz CT molecular complexity index is 1130. The molecule has 0 saturated heterocycles. The maximum absolute atomic E-state index is 12.8. The third-order valence-corrected chi connectivity index (χ3v) is 8.39. The Morgan fingerprint density at radius 3 is 2.60 bits per heavy atom. The molecule has 0 N–H and O–H groups in total. The van der Waals surface area contributed by atoms with Crippen molar-refractivity contribution in [1.29, 1.82) is 0 Å². The van der Waals surface area contributed by atoms with E-state index in [-0.39, 0.29) is 15.8 Å². The molecule has 0 spiro atoms. The second-order valence-corrected chi connectivity index (χ2v) is 10.1. The summed E-state index contributed by atoms with van der Waals surface area (Å²) >= 11 is 7.05. The summed E-state index contributed by atoms with van der Waals surface area (Å²) in [5.41, 5.74) is 0.571. The summed E-state index contributed by atoms with van der Waals surface area (Å²) in [7, 11) is -1.57. The van der Waals surface area contributed by atoms with Gasteiger partial charge < -0.3 is 4.42 Å². The van der Waals surface area contributed by atoms with E-state index < -0.39 is 10.0 Å². The van der Waals surface area contributed by atoms with Crippen molar-refractivity contribution in [2.24, 2.45) is 0 Å². The van der Waals surface area contributed by atoms with Crippen molar-refractivity contribution >= 4 is 33.6 Å². The summed E-state index contributed by atoms with van der Waals surface area (Å²) < 4.78 is 34.4. The topological polar surface area (TPSA) is 71.6 Å². The highest BCUT2D eigenvalue weighted by Gasteiger charge is 2.23. The third-order valence-electron chi connectivity index (χ3n) is 5.00. The second-order valence-electron chi connectivity index (χ2n) is 6.88. The lowest BCUT2D eigenvalue weighted by atomic mass is 10.2. The minimum atomic E-state index is -3.57. The summed E-state index contributed by atoms with van der Waals surface area (Å²) in [6.07, 6.45) is 0. The summed E-state index contributed by atoms with van der Waals surface area (Å²) in [4.78, 5) is 3.83. The zero-order valence-electron chi connectivity index (χ0n) is 17.5. The predicted octanol–water partition coefficient (Wildman–Crippen LogP) is 4.62. The quantitative estimate of drug-likeness (QED) is 0.429. The molecule has 0 aliphatic heterocycles. The van der Waals surface area contributed by atoms with E-state index in [1.54, 1.807) is 40.3 Å². The van der Waals surface area contributed by atoms with Gasteiger partial charge in [-0.1, -0.05) is 26.0 Å². The van der Waals surface area contributed by atoms with Crippen LogP contribution >= 0.6 is 23.6 Å². The average Bonchev–Trinajstić information content (AvgIpc) is 3.39. The lowest BCUT2D eigenvalue weighted by Gasteiger charge is -2.22. The monoisotopic (exact) mass is 466 g/mol. The molecule has 1 atom stereocenters. The molecule has 0 radical (unpaired) electrons. The van der Waals surface area contributed by atoms with E-state index in [9.17, 15) is 8.42 Å². The third kappa shape index (κ3) is 4.73. The van der Waals surface area contributed by atoms with Gasteiger partial charge in [-0.2, -0.15) is 4.31 Å². The largest absolute Gasteiger partial charge is 0.409 e. The molecular weight excluding hydrogens is 440 g/mol. The second kappa shape index (κ2) is 9.52. The van der Waals surface area contributed by atoms with Crippen LogP contribution in [0.2, 0.25) is 0 Å². The van der Waals surface area contributed by atoms with Gasteiger partial charge in [0.15, 0.2) is 0 Å². The van der Waals surface area contributed by atoms with Gasteiger partial charge in [0.2, 0.25) is 15.9 Å². The van der Waals surface area contributed by atoms with E-state index >= 15 is 0 Å². The summed E-state index contributed by atoms with van der Waals surface area (Å²) in [5.74, 6) is 0.300. The molecular formula is C20H26N4O3S3. The van der Waals surface area contributed by atoms with Crippen LogP contribution in [-0.4, -0.2) is 47.5 Å². The molecule has 7 nitrogen and oxygen atoms in total. The van der Waals surface area contributed by atoms with Crippen molar-refractivity contribution in [3.63, 3.8) is 0 Å². The Morgan fingerprint density at radius 1 is 1.23 bits per heavy atom. The van der Waals surface area contributed by atoms with Crippen molar-refractivity contribution < 1.29 is 12.8 Å². The molecule has 0 saturated carbocycles. The molecule has 162 valence electrons. The standard InChI is InChI=1S/C20H26N4O3S3/c1-5-23(6-2)30(25,26)17-10-7-9-16(13-17)19-21-24(20(28)27-19)14-22(4)15(3)18-11-8-12-29-18/h7-13,15H,5-6,14H2,1-4H3/t15-/m0/s1. The molecule has 0 unspecified atom stereocenters. The fourth-order valence-corrected chi connectivity index (χ4v) is 5.62. The Labute approximate surface area is 186 Å². The minimum absolute atomic E-state index is 0.203. The van der Waals surface area contributed by atoms with E-state index in [1.807, 2.05) is 27.0 Å². The number of thiophene rings is 1. The van der Waals surface area contributed by atoms with Crippen LogP contribution in [0, 0.1) is 4.84 Å². The number of hydrogen-bond donors (Lipinski definition) is 0. The maximum Gasteiger partial charge on any atom is 0.288 e. The Kier molecular flexibility index (Phi) is 7.25. The summed E-state index contributed by atoms with van der Waals surface area (Å²) in [6.45, 7) is 7.04. The van der Waals surface area contributed by atoms with Gasteiger partial charge in [-0.25, -0.2) is 13.1 Å². The van der Waals surface area contributed by atoms with Gasteiger partial charge in [-0.15, -0.1) is 16.4 Å². The first-order valence-corrected chi connectivity index (χ1v) is 12.4. The molecule has 30 heavy (non-hydrogen) atoms. The Morgan fingerprint density at radius 2 is 1.97 bits per heavy atom. The van der Waals surface area contributed by atoms with Crippen molar-refractivity contribution in [1.82, 2.24) is 19.0 Å². The highest BCUT2D eigenvalue weighted by atomic mass is 32.2. The molecule has 0 bridgehead atoms. The van der Waals surface area contributed by atoms with Gasteiger partial charge in [0.1, 0.15) is 0 Å². The molecule has 10 heteroatoms. The normalized spacial score (nSPS) is 13.3. The van der Waals surface area contributed by atoms with E-state index in [2.05, 4.69) is 28.4 Å². The average molecular weight is 467 g/mol. The molecule has 2 aromatic heterocycles. The van der Waals surface area contributed by atoms with Gasteiger partial charge >= 0.3 is 0 Å². The Balaban J connectivity index is 1.86. The Hall–Kier alpha value is -1.85. The minimum Gasteiger partial charge on any atom is -0.409 e. The van der Waals surface area contributed by atoms with Crippen LogP contribution in [0.15, 0.2) is 51.1 Å². The van der Waals surface area contributed by atoms with Crippen LogP contribution < -0.4 is 0 Å². The molecule has 2 heterocycles. The van der Waals surface area contributed by atoms with Gasteiger partial charge in [0.05, 0.1) is 11.6 Å². The lowest BCUT2D eigenvalue weighted by molar-refractivity contribution is 0.195. The van der Waals surface area contributed by atoms with Crippen LogP contribution in [0.25, 0.3) is 11.5 Å². The SMILES string of the molecule is CCN(CC)S(=O)(=O)c1cccc(-c2nn(CN(C)[C@@H](C)c3cccs3)c(=S)o2)c1. The van der Waals surface area contributed by atoms with Crippen molar-refractivity contribution in [2.75, 3.05) is 20.1 Å². The van der Waals surface area contributed by atoms with E-state index in [4.69, 9.17) is 16.6 Å². The first-order chi connectivity index (χ1) is 14.3. The molecule has 1 aromatic carbocycles. The molecule has 0 aliphatic carbocycles. The number of nitrogens with zero attached hydrogens (tertiary/aromatic N) is 4. The fourth-order valence-electron chi connectivity index (χ4n) is 3.09. The maximum atomic E-state index is 12.8. The van der Waals surface area contributed by atoms with Crippen LogP contribution in [0.1, 0.15) is 31.7 Å². The van der Waals surface area contributed by atoms with Crippen LogP contribution in [0.5, 0.6) is 0 Å². The van der Waals surface area contributed by atoms with Crippen LogP contribution in [0.4, 0.5) is 0 Å². The van der Waals surface area contributed by atoms with Crippen molar-refractivity contribution in [3.05, 3.63) is 51.5 Å². The van der Waals surface area contributed by atoms with Crippen molar-refractivity contribution in [2.45, 2.75) is 38.4 Å². The molecule has 0 amide bonds. The van der Waals surface area contributed by atoms with E-state index in [0.717, 1.165) is 0 Å². The first kappa shape index (κ1) is 22.8. The molecule has 3 aromatic rings. The van der Waals surface area contributed by atoms with E-state index in [1.165, 1.54) is 9.18 Å². The molecule has 0 aliphatic rings. The first-order valence-electron chi connectivity index (χ1n) is 9.70. The fraction of sp³-hybridized carbons (Fsp3) is 0.400. The molecule has 0 fully saturated rings. The smallest absolute Gasteiger partial charge is 0.288 e. The summed E-state index contributed by atoms with van der Waals surface area (Å²) in [5, 5.41) is 6.55. The highest BCUT2D eigenvalue weighted by Crippen LogP contribution is 2.26. The predicted molar refractivity (Wildman–Crippen MR) is 121 cm³/mol. The number of rotatable bonds is 9. The van der Waals surface area contributed by atoms with Gasteiger partial charge in [-0.3, -0.25) is 4.90 Å². The molecule has 3 rings (SSSR count). The van der Waals surface area contributed by atoms with Crippen LogP contribution in [-0.2, 0) is 16.7 Å². The zero-order valence-corrected chi connectivity index (χ0v) is 19.9. The number of sulfonamides is 1. The highest BCUT2D eigenvalue weighted by molar-refractivity contribution is 7.89. The lowest BCUT2D eigenvalue weighted by Crippen LogP contribution is -2.30. The zero-order chi connectivity index (χ0) is 21.9.